The molecule has 1 N–H and O–H groups in total. The Kier molecular flexibility index (Phi) is 7.91. The van der Waals surface area contributed by atoms with Gasteiger partial charge in [-0.2, -0.15) is 0 Å². The highest BCUT2D eigenvalue weighted by Gasteiger charge is 2.19. The molecule has 0 aromatic heterocycles. The Labute approximate surface area is 126 Å². The quantitative estimate of drug-likeness (QED) is 0.622. The van der Waals surface area contributed by atoms with Crippen LogP contribution in [0.4, 0.5) is 0 Å². The zero-order valence-electron chi connectivity index (χ0n) is 14.1. The van der Waals surface area contributed by atoms with Gasteiger partial charge in [0, 0.05) is 6.04 Å². The average Bonchev–Trinajstić information content (AvgIpc) is 2.43. The van der Waals surface area contributed by atoms with Gasteiger partial charge in [-0.1, -0.05) is 64.7 Å². The third kappa shape index (κ3) is 4.94. The van der Waals surface area contributed by atoms with E-state index in [9.17, 15) is 0 Å². The first-order valence-corrected chi connectivity index (χ1v) is 8.43. The maximum Gasteiger partial charge on any atom is 0.0328 e. The molecule has 20 heavy (non-hydrogen) atoms. The Morgan fingerprint density at radius 2 is 1.70 bits per heavy atom. The molecule has 1 aromatic rings. The molecule has 1 rings (SSSR count). The minimum Gasteiger partial charge on any atom is -0.310 e. The average molecular weight is 275 g/mol. The molecular weight excluding hydrogens is 242 g/mol. The first kappa shape index (κ1) is 17.2. The summed E-state index contributed by atoms with van der Waals surface area (Å²) in [5, 5.41) is 3.72. The van der Waals surface area contributed by atoms with E-state index in [4.69, 9.17) is 0 Å². The normalized spacial score (nSPS) is 14.2. The van der Waals surface area contributed by atoms with E-state index in [1.807, 2.05) is 0 Å². The molecule has 1 aromatic carbocycles. The fourth-order valence-electron chi connectivity index (χ4n) is 3.24. The van der Waals surface area contributed by atoms with Crippen LogP contribution in [0.5, 0.6) is 0 Å². The van der Waals surface area contributed by atoms with Crippen LogP contribution in [-0.2, 0) is 0 Å². The molecule has 2 unspecified atom stereocenters. The van der Waals surface area contributed by atoms with Gasteiger partial charge in [0.25, 0.3) is 0 Å². The molecule has 1 heteroatoms. The summed E-state index contributed by atoms with van der Waals surface area (Å²) in [4.78, 5) is 0. The van der Waals surface area contributed by atoms with Gasteiger partial charge >= 0.3 is 0 Å². The summed E-state index contributed by atoms with van der Waals surface area (Å²) in [6.07, 6.45) is 6.62. The van der Waals surface area contributed by atoms with E-state index >= 15 is 0 Å². The second kappa shape index (κ2) is 9.18. The minimum absolute atomic E-state index is 0.517. The molecule has 0 radical (unpaired) electrons. The first-order valence-electron chi connectivity index (χ1n) is 8.43. The maximum atomic E-state index is 3.72. The highest BCUT2D eigenvalue weighted by molar-refractivity contribution is 5.36. The molecular formula is C19H33N. The van der Waals surface area contributed by atoms with E-state index < -0.39 is 0 Å². The standard InChI is InChI=1S/C19H33N/c1-6-9-13-17(7-2)14-18(20-8-3)19-15(4)11-10-12-16(19)5/h10-12,17-18,20H,6-9,13-14H2,1-5H3. The molecule has 2 atom stereocenters. The first-order chi connectivity index (χ1) is 9.63. The molecule has 0 aliphatic rings. The van der Waals surface area contributed by atoms with Gasteiger partial charge in [-0.05, 0) is 49.4 Å². The summed E-state index contributed by atoms with van der Waals surface area (Å²) in [5.41, 5.74) is 4.40. The monoisotopic (exact) mass is 275 g/mol. The SMILES string of the molecule is CCCCC(CC)CC(NCC)c1c(C)cccc1C. The van der Waals surface area contributed by atoms with Crippen molar-refractivity contribution in [1.82, 2.24) is 5.32 Å². The van der Waals surface area contributed by atoms with Gasteiger partial charge in [-0.25, -0.2) is 0 Å². The Morgan fingerprint density at radius 1 is 1.05 bits per heavy atom. The summed E-state index contributed by atoms with van der Waals surface area (Å²) in [6, 6.07) is 7.19. The molecule has 0 saturated carbocycles. The van der Waals surface area contributed by atoms with Gasteiger partial charge < -0.3 is 5.32 Å². The minimum atomic E-state index is 0.517. The van der Waals surface area contributed by atoms with E-state index in [-0.39, 0.29) is 0 Å². The third-order valence-electron chi connectivity index (χ3n) is 4.45. The van der Waals surface area contributed by atoms with Crippen LogP contribution in [-0.4, -0.2) is 6.54 Å². The number of benzene rings is 1. The Balaban J connectivity index is 2.87. The maximum absolute atomic E-state index is 3.72. The molecule has 1 nitrogen and oxygen atoms in total. The van der Waals surface area contributed by atoms with Crippen molar-refractivity contribution < 1.29 is 0 Å². The van der Waals surface area contributed by atoms with E-state index in [2.05, 4.69) is 58.1 Å². The van der Waals surface area contributed by atoms with Crippen LogP contribution in [0.3, 0.4) is 0 Å². The number of hydrogen-bond donors (Lipinski definition) is 1. The van der Waals surface area contributed by atoms with Crippen LogP contribution in [0.1, 0.15) is 75.6 Å². The molecule has 0 spiro atoms. The van der Waals surface area contributed by atoms with Crippen LogP contribution in [0.15, 0.2) is 18.2 Å². The molecule has 0 aliphatic carbocycles. The summed E-state index contributed by atoms with van der Waals surface area (Å²) >= 11 is 0. The topological polar surface area (TPSA) is 12.0 Å². The van der Waals surface area contributed by atoms with Gasteiger partial charge in [0.1, 0.15) is 0 Å². The van der Waals surface area contributed by atoms with Crippen molar-refractivity contribution in [2.24, 2.45) is 5.92 Å². The van der Waals surface area contributed by atoms with Crippen molar-refractivity contribution in [2.45, 2.75) is 72.8 Å². The van der Waals surface area contributed by atoms with Gasteiger partial charge in [0.05, 0.1) is 0 Å². The predicted octanol–water partition coefficient (Wildman–Crippen LogP) is 5.56. The van der Waals surface area contributed by atoms with Crippen LogP contribution in [0.25, 0.3) is 0 Å². The van der Waals surface area contributed by atoms with Crippen LogP contribution < -0.4 is 5.32 Å². The van der Waals surface area contributed by atoms with E-state index in [1.54, 1.807) is 0 Å². The van der Waals surface area contributed by atoms with Crippen molar-refractivity contribution in [3.8, 4) is 0 Å². The molecule has 0 heterocycles. The zero-order chi connectivity index (χ0) is 15.0. The number of aryl methyl sites for hydroxylation is 2. The molecule has 0 fully saturated rings. The van der Waals surface area contributed by atoms with Gasteiger partial charge in [-0.3, -0.25) is 0 Å². The van der Waals surface area contributed by atoms with Crippen molar-refractivity contribution in [3.63, 3.8) is 0 Å². The molecule has 0 amide bonds. The smallest absolute Gasteiger partial charge is 0.0328 e. The number of nitrogens with one attached hydrogen (secondary N) is 1. The lowest BCUT2D eigenvalue weighted by Crippen LogP contribution is -2.25. The van der Waals surface area contributed by atoms with Gasteiger partial charge in [0.2, 0.25) is 0 Å². The van der Waals surface area contributed by atoms with E-state index in [0.717, 1.165) is 12.5 Å². The second-order valence-electron chi connectivity index (χ2n) is 6.07. The summed E-state index contributed by atoms with van der Waals surface area (Å²) in [7, 11) is 0. The van der Waals surface area contributed by atoms with Crippen molar-refractivity contribution in [3.05, 3.63) is 34.9 Å². The van der Waals surface area contributed by atoms with Gasteiger partial charge in [0.15, 0.2) is 0 Å². The number of rotatable bonds is 9. The second-order valence-corrected chi connectivity index (χ2v) is 6.07. The fourth-order valence-corrected chi connectivity index (χ4v) is 3.24. The Bertz CT molecular complexity index is 363. The Hall–Kier alpha value is -0.820. The van der Waals surface area contributed by atoms with Crippen LogP contribution >= 0.6 is 0 Å². The highest BCUT2D eigenvalue weighted by Crippen LogP contribution is 2.30. The number of hydrogen-bond acceptors (Lipinski definition) is 1. The largest absolute Gasteiger partial charge is 0.310 e. The summed E-state index contributed by atoms with van der Waals surface area (Å²) < 4.78 is 0. The lowest BCUT2D eigenvalue weighted by molar-refractivity contribution is 0.355. The fraction of sp³-hybridized carbons (Fsp3) is 0.684. The van der Waals surface area contributed by atoms with Crippen molar-refractivity contribution in [1.29, 1.82) is 0 Å². The number of unbranched alkanes of at least 4 members (excludes halogenated alkanes) is 1. The molecule has 0 bridgehead atoms. The summed E-state index contributed by atoms with van der Waals surface area (Å²) in [5.74, 6) is 0.845. The lowest BCUT2D eigenvalue weighted by atomic mass is 9.86. The summed E-state index contributed by atoms with van der Waals surface area (Å²) in [6.45, 7) is 12.4. The van der Waals surface area contributed by atoms with Crippen molar-refractivity contribution >= 4 is 0 Å². The molecule has 0 aliphatic heterocycles. The lowest BCUT2D eigenvalue weighted by Gasteiger charge is -2.26. The van der Waals surface area contributed by atoms with Crippen LogP contribution in [0, 0.1) is 19.8 Å². The molecule has 0 saturated heterocycles. The molecule has 114 valence electrons. The van der Waals surface area contributed by atoms with E-state index in [0.29, 0.717) is 6.04 Å². The van der Waals surface area contributed by atoms with Gasteiger partial charge in [-0.15, -0.1) is 0 Å². The Morgan fingerprint density at radius 3 is 2.20 bits per heavy atom. The zero-order valence-corrected chi connectivity index (χ0v) is 14.1. The predicted molar refractivity (Wildman–Crippen MR) is 90.3 cm³/mol. The van der Waals surface area contributed by atoms with Crippen molar-refractivity contribution in [2.75, 3.05) is 6.54 Å². The highest BCUT2D eigenvalue weighted by atomic mass is 14.9. The van der Waals surface area contributed by atoms with E-state index in [1.165, 1.54) is 48.8 Å². The van der Waals surface area contributed by atoms with Crippen LogP contribution in [0.2, 0.25) is 0 Å². The third-order valence-corrected chi connectivity index (χ3v) is 4.45.